The van der Waals surface area contributed by atoms with Crippen molar-refractivity contribution in [2.45, 2.75) is 6.54 Å². The van der Waals surface area contributed by atoms with Gasteiger partial charge in [0.2, 0.25) is 11.7 Å². The average molecular weight is 251 g/mol. The maximum atomic E-state index is 13.0. The van der Waals surface area contributed by atoms with Crippen molar-refractivity contribution in [3.63, 3.8) is 0 Å². The van der Waals surface area contributed by atoms with Gasteiger partial charge in [-0.1, -0.05) is 17.3 Å². The van der Waals surface area contributed by atoms with Crippen molar-refractivity contribution in [1.29, 1.82) is 0 Å². The molecule has 0 aliphatic heterocycles. The van der Waals surface area contributed by atoms with E-state index in [1.807, 2.05) is 0 Å². The number of benzene rings is 1. The van der Waals surface area contributed by atoms with Crippen molar-refractivity contribution in [2.24, 2.45) is 0 Å². The molecule has 0 aliphatic carbocycles. The molecule has 0 bridgehead atoms. The number of aromatic nitrogens is 2. The van der Waals surface area contributed by atoms with E-state index >= 15 is 0 Å². The summed E-state index contributed by atoms with van der Waals surface area (Å²) < 4.78 is 23.0. The van der Waals surface area contributed by atoms with Gasteiger partial charge in [-0.05, 0) is 12.1 Å². The maximum absolute atomic E-state index is 13.0. The third kappa shape index (κ3) is 3.35. The first kappa shape index (κ1) is 12.7. The van der Waals surface area contributed by atoms with Gasteiger partial charge >= 0.3 is 0 Å². The molecule has 0 spiro atoms. The molecule has 5 nitrogen and oxygen atoms in total. The summed E-state index contributed by atoms with van der Waals surface area (Å²) in [6, 6.07) is 6.08. The molecule has 0 amide bonds. The summed E-state index contributed by atoms with van der Waals surface area (Å²) in [4.78, 5) is 4.17. The number of halogens is 1. The van der Waals surface area contributed by atoms with Gasteiger partial charge in [-0.25, -0.2) is 4.39 Å². The van der Waals surface area contributed by atoms with Crippen LogP contribution in [0.2, 0.25) is 0 Å². The summed E-state index contributed by atoms with van der Waals surface area (Å²) in [7, 11) is 1.64. The van der Waals surface area contributed by atoms with E-state index in [1.54, 1.807) is 19.2 Å². The fourth-order valence-electron chi connectivity index (χ4n) is 1.44. The Hall–Kier alpha value is -1.79. The molecular formula is C12H14FN3O2. The summed E-state index contributed by atoms with van der Waals surface area (Å²) in [5.74, 6) is 0.528. The molecule has 0 unspecified atom stereocenters. The largest absolute Gasteiger partial charge is 0.383 e. The van der Waals surface area contributed by atoms with Gasteiger partial charge in [-0.15, -0.1) is 0 Å². The Kier molecular flexibility index (Phi) is 4.38. The second kappa shape index (κ2) is 6.23. The van der Waals surface area contributed by atoms with E-state index in [2.05, 4.69) is 15.5 Å². The van der Waals surface area contributed by atoms with Crippen molar-refractivity contribution in [3.8, 4) is 11.4 Å². The monoisotopic (exact) mass is 251 g/mol. The van der Waals surface area contributed by atoms with Gasteiger partial charge < -0.3 is 14.6 Å². The minimum atomic E-state index is -0.322. The zero-order valence-electron chi connectivity index (χ0n) is 10.0. The van der Waals surface area contributed by atoms with Crippen LogP contribution in [0.4, 0.5) is 4.39 Å². The Morgan fingerprint density at radius 3 is 3.11 bits per heavy atom. The summed E-state index contributed by atoms with van der Waals surface area (Å²) >= 11 is 0. The molecule has 0 fully saturated rings. The van der Waals surface area contributed by atoms with Crippen LogP contribution in [0.15, 0.2) is 28.8 Å². The normalized spacial score (nSPS) is 10.8. The van der Waals surface area contributed by atoms with Crippen LogP contribution in [0, 0.1) is 5.82 Å². The molecule has 2 aromatic rings. The lowest BCUT2D eigenvalue weighted by molar-refractivity contribution is 0.197. The minimum Gasteiger partial charge on any atom is -0.383 e. The van der Waals surface area contributed by atoms with Crippen molar-refractivity contribution in [3.05, 3.63) is 36.0 Å². The molecule has 0 saturated heterocycles. The Morgan fingerprint density at radius 2 is 2.33 bits per heavy atom. The topological polar surface area (TPSA) is 60.2 Å². The van der Waals surface area contributed by atoms with Crippen LogP contribution in [-0.2, 0) is 11.3 Å². The molecule has 0 radical (unpaired) electrons. The van der Waals surface area contributed by atoms with Crippen LogP contribution in [-0.4, -0.2) is 30.4 Å². The number of nitrogens with zero attached hydrogens (tertiary/aromatic N) is 2. The fraction of sp³-hybridized carbons (Fsp3) is 0.333. The molecule has 1 aromatic carbocycles. The lowest BCUT2D eigenvalue weighted by atomic mass is 10.2. The third-order valence-corrected chi connectivity index (χ3v) is 2.31. The lowest BCUT2D eigenvalue weighted by Crippen LogP contribution is -2.18. The van der Waals surface area contributed by atoms with E-state index < -0.39 is 0 Å². The Bertz CT molecular complexity index is 502. The summed E-state index contributed by atoms with van der Waals surface area (Å²) in [5, 5.41) is 6.89. The molecule has 0 saturated carbocycles. The first-order valence-electron chi connectivity index (χ1n) is 5.58. The highest BCUT2D eigenvalue weighted by Crippen LogP contribution is 2.16. The smallest absolute Gasteiger partial charge is 0.240 e. The van der Waals surface area contributed by atoms with E-state index in [9.17, 15) is 4.39 Å². The van der Waals surface area contributed by atoms with Crippen LogP contribution in [0.1, 0.15) is 5.89 Å². The predicted octanol–water partition coefficient (Wildman–Crippen LogP) is 1.61. The van der Waals surface area contributed by atoms with E-state index in [1.165, 1.54) is 12.1 Å². The van der Waals surface area contributed by atoms with Crippen molar-refractivity contribution in [2.75, 3.05) is 20.3 Å². The average Bonchev–Trinajstić information content (AvgIpc) is 2.83. The maximum Gasteiger partial charge on any atom is 0.240 e. The van der Waals surface area contributed by atoms with Crippen molar-refractivity contribution in [1.82, 2.24) is 15.5 Å². The van der Waals surface area contributed by atoms with Crippen LogP contribution in [0.25, 0.3) is 11.4 Å². The van der Waals surface area contributed by atoms with E-state index in [-0.39, 0.29) is 5.82 Å². The molecule has 96 valence electrons. The Labute approximate surface area is 104 Å². The molecule has 18 heavy (non-hydrogen) atoms. The molecule has 0 aliphatic rings. The van der Waals surface area contributed by atoms with E-state index in [0.717, 1.165) is 0 Å². The standard InChI is InChI=1S/C12H14FN3O2/c1-17-6-5-14-8-11-15-12(16-18-11)9-3-2-4-10(13)7-9/h2-4,7,14H,5-6,8H2,1H3. The summed E-state index contributed by atoms with van der Waals surface area (Å²) in [5.41, 5.74) is 0.599. The molecule has 0 atom stereocenters. The highest BCUT2D eigenvalue weighted by Gasteiger charge is 2.08. The molecule has 1 N–H and O–H groups in total. The van der Waals surface area contributed by atoms with Gasteiger partial charge in [-0.2, -0.15) is 4.98 Å². The Morgan fingerprint density at radius 1 is 1.44 bits per heavy atom. The first-order chi connectivity index (χ1) is 8.79. The van der Waals surface area contributed by atoms with Gasteiger partial charge in [-0.3, -0.25) is 0 Å². The predicted molar refractivity (Wildman–Crippen MR) is 63.3 cm³/mol. The number of rotatable bonds is 6. The van der Waals surface area contributed by atoms with Gasteiger partial charge in [0, 0.05) is 19.2 Å². The van der Waals surface area contributed by atoms with Gasteiger partial charge in [0.1, 0.15) is 5.82 Å². The van der Waals surface area contributed by atoms with E-state index in [4.69, 9.17) is 9.26 Å². The van der Waals surface area contributed by atoms with Crippen LogP contribution < -0.4 is 5.32 Å². The summed E-state index contributed by atoms with van der Waals surface area (Å²) in [6.07, 6.45) is 0. The number of methoxy groups -OCH3 is 1. The van der Waals surface area contributed by atoms with Gasteiger partial charge in [0.05, 0.1) is 13.2 Å². The lowest BCUT2D eigenvalue weighted by Gasteiger charge is -1.98. The highest BCUT2D eigenvalue weighted by atomic mass is 19.1. The quantitative estimate of drug-likeness (QED) is 0.790. The third-order valence-electron chi connectivity index (χ3n) is 2.31. The second-order valence-electron chi connectivity index (χ2n) is 3.69. The van der Waals surface area contributed by atoms with Gasteiger partial charge in [0.25, 0.3) is 0 Å². The second-order valence-corrected chi connectivity index (χ2v) is 3.69. The number of ether oxygens (including phenoxy) is 1. The number of nitrogens with one attached hydrogen (secondary N) is 1. The van der Waals surface area contributed by atoms with Crippen LogP contribution in [0.3, 0.4) is 0 Å². The number of hydrogen-bond donors (Lipinski definition) is 1. The molecule has 1 heterocycles. The van der Waals surface area contributed by atoms with Crippen molar-refractivity contribution < 1.29 is 13.7 Å². The zero-order chi connectivity index (χ0) is 12.8. The molecular weight excluding hydrogens is 237 g/mol. The molecule has 6 heteroatoms. The SMILES string of the molecule is COCCNCc1nc(-c2cccc(F)c2)no1. The Balaban J connectivity index is 1.97. The first-order valence-corrected chi connectivity index (χ1v) is 5.58. The van der Waals surface area contributed by atoms with E-state index in [0.29, 0.717) is 37.0 Å². The number of hydrogen-bond acceptors (Lipinski definition) is 5. The molecule has 2 rings (SSSR count). The minimum absolute atomic E-state index is 0.322. The van der Waals surface area contributed by atoms with Crippen LogP contribution >= 0.6 is 0 Å². The molecule has 1 aromatic heterocycles. The summed E-state index contributed by atoms with van der Waals surface area (Å²) in [6.45, 7) is 1.78. The highest BCUT2D eigenvalue weighted by molar-refractivity contribution is 5.53. The van der Waals surface area contributed by atoms with Crippen molar-refractivity contribution >= 4 is 0 Å². The fourth-order valence-corrected chi connectivity index (χ4v) is 1.44. The zero-order valence-corrected chi connectivity index (χ0v) is 10.0. The van der Waals surface area contributed by atoms with Gasteiger partial charge in [0.15, 0.2) is 0 Å². The van der Waals surface area contributed by atoms with Crippen LogP contribution in [0.5, 0.6) is 0 Å².